The maximum absolute atomic E-state index is 12.3. The van der Waals surface area contributed by atoms with E-state index >= 15 is 0 Å². The van der Waals surface area contributed by atoms with Crippen molar-refractivity contribution in [1.82, 2.24) is 10.3 Å². The van der Waals surface area contributed by atoms with Gasteiger partial charge in [-0.2, -0.15) is 0 Å². The average molecular weight is 427 g/mol. The number of ether oxygens (including phenoxy) is 2. The molecule has 2 fully saturated rings. The van der Waals surface area contributed by atoms with Crippen LogP contribution in [0.15, 0.2) is 34.9 Å². The van der Waals surface area contributed by atoms with Gasteiger partial charge >= 0.3 is 5.97 Å². The zero-order valence-electron chi connectivity index (χ0n) is 18.3. The molecule has 31 heavy (non-hydrogen) atoms. The molecular formula is C24H30N2O5. The lowest BCUT2D eigenvalue weighted by molar-refractivity contribution is -0.140. The van der Waals surface area contributed by atoms with Crippen LogP contribution >= 0.6 is 0 Å². The smallest absolute Gasteiger partial charge is 0.305 e. The summed E-state index contributed by atoms with van der Waals surface area (Å²) in [5, 5.41) is 2.85. The highest BCUT2D eigenvalue weighted by Gasteiger charge is 2.51. The first-order chi connectivity index (χ1) is 15.0. The van der Waals surface area contributed by atoms with Crippen LogP contribution in [0, 0.1) is 5.92 Å². The summed E-state index contributed by atoms with van der Waals surface area (Å²) in [4.78, 5) is 28.4. The molecule has 3 heterocycles. The molecule has 0 spiro atoms. The fraction of sp³-hybridized carbons (Fsp3) is 0.542. The molecule has 2 aliphatic heterocycles. The van der Waals surface area contributed by atoms with Gasteiger partial charge in [0, 0.05) is 18.4 Å². The van der Waals surface area contributed by atoms with Gasteiger partial charge in [-0.05, 0) is 50.7 Å². The fourth-order valence-electron chi connectivity index (χ4n) is 4.85. The number of carbonyl (C=O) groups excluding carboxylic acids is 2. The second kappa shape index (κ2) is 9.22. The molecule has 0 saturated carbocycles. The number of carbonyl (C=O) groups is 2. The van der Waals surface area contributed by atoms with Crippen LogP contribution in [0.4, 0.5) is 0 Å². The van der Waals surface area contributed by atoms with Gasteiger partial charge in [0.05, 0.1) is 25.2 Å². The van der Waals surface area contributed by atoms with Gasteiger partial charge in [0.2, 0.25) is 5.89 Å². The van der Waals surface area contributed by atoms with Crippen molar-refractivity contribution >= 4 is 11.9 Å². The predicted molar refractivity (Wildman–Crippen MR) is 114 cm³/mol. The molecular weight excluding hydrogens is 396 g/mol. The van der Waals surface area contributed by atoms with E-state index in [1.165, 1.54) is 18.9 Å². The summed E-state index contributed by atoms with van der Waals surface area (Å²) in [6.07, 6.45) is 5.50. The largest absolute Gasteiger partial charge is 0.469 e. The van der Waals surface area contributed by atoms with Gasteiger partial charge in [-0.25, -0.2) is 4.98 Å². The second-order valence-corrected chi connectivity index (χ2v) is 8.73. The van der Waals surface area contributed by atoms with Crippen LogP contribution < -0.4 is 5.32 Å². The number of nitrogens with one attached hydrogen (secondary N) is 1. The predicted octanol–water partition coefficient (Wildman–Crippen LogP) is 3.42. The molecule has 1 aromatic heterocycles. The number of aromatic nitrogens is 1. The molecule has 166 valence electrons. The SMILES string of the molecule is COC(=O)CCc1ccccc1C[C@@H]1[C@H](c2nc(C(=O)NC(C)C)co2)[C@H]2CC[C@@H]1O2. The number of hydrogen-bond donors (Lipinski definition) is 1. The minimum atomic E-state index is -0.223. The van der Waals surface area contributed by atoms with E-state index in [0.29, 0.717) is 24.4 Å². The van der Waals surface area contributed by atoms with Gasteiger partial charge in [-0.15, -0.1) is 0 Å². The molecule has 0 aliphatic carbocycles. The third-order valence-electron chi connectivity index (χ3n) is 6.28. The summed E-state index contributed by atoms with van der Waals surface area (Å²) in [5.74, 6) is 0.394. The number of nitrogens with zero attached hydrogens (tertiary/aromatic N) is 1. The third-order valence-corrected chi connectivity index (χ3v) is 6.28. The Morgan fingerprint density at radius 2 is 1.94 bits per heavy atom. The standard InChI is InChI=1S/C24H30N2O5/c1-14(2)25-23(28)18-13-30-24(26-18)22-17(19-9-10-20(22)31-19)12-16-7-5-4-6-15(16)8-11-21(27)29-3/h4-7,13-14,17,19-20,22H,8-12H2,1-3H3,(H,25,28)/t17-,19-,20+,22-/m0/s1. The van der Waals surface area contributed by atoms with Crippen molar-refractivity contribution in [3.05, 3.63) is 53.2 Å². The summed E-state index contributed by atoms with van der Waals surface area (Å²) < 4.78 is 16.8. The number of rotatable bonds is 8. The van der Waals surface area contributed by atoms with Crippen LogP contribution in [0.1, 0.15) is 66.5 Å². The number of methoxy groups -OCH3 is 1. The molecule has 0 radical (unpaired) electrons. The van der Waals surface area contributed by atoms with E-state index in [1.54, 1.807) is 0 Å². The van der Waals surface area contributed by atoms with Crippen molar-refractivity contribution in [2.45, 2.75) is 70.1 Å². The van der Waals surface area contributed by atoms with Crippen molar-refractivity contribution in [2.75, 3.05) is 7.11 Å². The number of oxazole rings is 1. The number of benzene rings is 1. The fourth-order valence-corrected chi connectivity index (χ4v) is 4.85. The van der Waals surface area contributed by atoms with Crippen LogP contribution in [0.25, 0.3) is 0 Å². The van der Waals surface area contributed by atoms with Crippen LogP contribution in [0.3, 0.4) is 0 Å². The Balaban J connectivity index is 1.53. The highest BCUT2D eigenvalue weighted by Crippen LogP contribution is 2.49. The Bertz CT molecular complexity index is 938. The lowest BCUT2D eigenvalue weighted by Crippen LogP contribution is -2.31. The van der Waals surface area contributed by atoms with Crippen LogP contribution in [-0.2, 0) is 27.1 Å². The van der Waals surface area contributed by atoms with E-state index in [-0.39, 0.29) is 42.0 Å². The van der Waals surface area contributed by atoms with Gasteiger partial charge in [0.1, 0.15) is 6.26 Å². The minimum absolute atomic E-state index is 0.0213. The molecule has 2 aliphatic rings. The van der Waals surface area contributed by atoms with E-state index in [4.69, 9.17) is 13.9 Å². The molecule has 0 unspecified atom stereocenters. The van der Waals surface area contributed by atoms with Crippen LogP contribution in [-0.4, -0.2) is 42.2 Å². The topological polar surface area (TPSA) is 90.7 Å². The Kier molecular flexibility index (Phi) is 6.41. The van der Waals surface area contributed by atoms with E-state index in [2.05, 4.69) is 22.4 Å². The van der Waals surface area contributed by atoms with Crippen molar-refractivity contribution < 1.29 is 23.5 Å². The van der Waals surface area contributed by atoms with E-state index in [9.17, 15) is 9.59 Å². The number of aryl methyl sites for hydroxylation is 1. The highest BCUT2D eigenvalue weighted by atomic mass is 16.5. The summed E-state index contributed by atoms with van der Waals surface area (Å²) in [7, 11) is 1.41. The van der Waals surface area contributed by atoms with Gasteiger partial charge in [0.25, 0.3) is 5.91 Å². The number of fused-ring (bicyclic) bond motifs is 2. The maximum atomic E-state index is 12.3. The Labute approximate surface area is 182 Å². The van der Waals surface area contributed by atoms with Crippen LogP contribution in [0.5, 0.6) is 0 Å². The Morgan fingerprint density at radius 1 is 1.19 bits per heavy atom. The van der Waals surface area contributed by atoms with Gasteiger partial charge in [0.15, 0.2) is 5.69 Å². The molecule has 7 heteroatoms. The molecule has 1 aromatic carbocycles. The summed E-state index contributed by atoms with van der Waals surface area (Å²) >= 11 is 0. The third kappa shape index (κ3) is 4.66. The number of amides is 1. The van der Waals surface area contributed by atoms with Gasteiger partial charge < -0.3 is 19.2 Å². The number of esters is 1. The van der Waals surface area contributed by atoms with Crippen molar-refractivity contribution in [3.8, 4) is 0 Å². The summed E-state index contributed by atoms with van der Waals surface area (Å²) in [5.41, 5.74) is 2.67. The quantitative estimate of drug-likeness (QED) is 0.651. The molecule has 2 aromatic rings. The second-order valence-electron chi connectivity index (χ2n) is 8.73. The van der Waals surface area contributed by atoms with E-state index in [1.807, 2.05) is 26.0 Å². The summed E-state index contributed by atoms with van der Waals surface area (Å²) in [6.45, 7) is 3.83. The zero-order valence-corrected chi connectivity index (χ0v) is 18.3. The van der Waals surface area contributed by atoms with Crippen molar-refractivity contribution in [3.63, 3.8) is 0 Å². The lowest BCUT2D eigenvalue weighted by atomic mass is 9.75. The molecule has 2 saturated heterocycles. The zero-order chi connectivity index (χ0) is 22.0. The molecule has 2 bridgehead atoms. The first-order valence-corrected chi connectivity index (χ1v) is 11.0. The summed E-state index contributed by atoms with van der Waals surface area (Å²) in [6, 6.07) is 8.25. The molecule has 4 atom stereocenters. The number of hydrogen-bond acceptors (Lipinski definition) is 6. The van der Waals surface area contributed by atoms with Gasteiger partial charge in [-0.1, -0.05) is 24.3 Å². The molecule has 1 amide bonds. The lowest BCUT2D eigenvalue weighted by Gasteiger charge is -2.26. The normalized spacial score (nSPS) is 24.5. The van der Waals surface area contributed by atoms with Gasteiger partial charge in [-0.3, -0.25) is 9.59 Å². The first kappa shape index (κ1) is 21.6. The first-order valence-electron chi connectivity index (χ1n) is 11.0. The van der Waals surface area contributed by atoms with E-state index < -0.39 is 0 Å². The molecule has 7 nitrogen and oxygen atoms in total. The molecule has 1 N–H and O–H groups in total. The van der Waals surface area contributed by atoms with Crippen molar-refractivity contribution in [1.29, 1.82) is 0 Å². The highest BCUT2D eigenvalue weighted by molar-refractivity contribution is 5.92. The Hall–Kier alpha value is -2.67. The minimum Gasteiger partial charge on any atom is -0.469 e. The van der Waals surface area contributed by atoms with Crippen LogP contribution in [0.2, 0.25) is 0 Å². The van der Waals surface area contributed by atoms with E-state index in [0.717, 1.165) is 24.8 Å². The monoisotopic (exact) mass is 426 g/mol. The average Bonchev–Trinajstić information content (AvgIpc) is 3.48. The van der Waals surface area contributed by atoms with Crippen molar-refractivity contribution in [2.24, 2.45) is 5.92 Å². The maximum Gasteiger partial charge on any atom is 0.305 e. The molecule has 4 rings (SSSR count). The Morgan fingerprint density at radius 3 is 2.68 bits per heavy atom.